The summed E-state index contributed by atoms with van der Waals surface area (Å²) < 4.78 is 5.11. The zero-order valence-corrected chi connectivity index (χ0v) is 10.8. The van der Waals surface area contributed by atoms with Gasteiger partial charge in [0, 0.05) is 0 Å². The van der Waals surface area contributed by atoms with Gasteiger partial charge in [-0.1, -0.05) is 6.07 Å². The highest BCUT2D eigenvalue weighted by Gasteiger charge is 2.43. The van der Waals surface area contributed by atoms with E-state index in [0.717, 1.165) is 12.0 Å². The van der Waals surface area contributed by atoms with E-state index < -0.39 is 23.4 Å². The van der Waals surface area contributed by atoms with E-state index in [1.165, 1.54) is 7.11 Å². The number of rotatable bonds is 3. The lowest BCUT2D eigenvalue weighted by molar-refractivity contribution is -0.143. The van der Waals surface area contributed by atoms with Crippen LogP contribution in [-0.4, -0.2) is 28.7 Å². The standard InChI is InChI=1S/C13H15ClO4/c1-18-9-4-2-8-3-5-11(14)13(17,7-12(15)16)10(8)6-9/h2,4,6,11,17H,3,5,7H2,1H3,(H,15,16). The molecule has 5 heteroatoms. The van der Waals surface area contributed by atoms with Crippen molar-refractivity contribution in [3.05, 3.63) is 29.3 Å². The van der Waals surface area contributed by atoms with Crippen molar-refractivity contribution in [1.82, 2.24) is 0 Å². The Morgan fingerprint density at radius 1 is 1.61 bits per heavy atom. The monoisotopic (exact) mass is 270 g/mol. The molecule has 0 fully saturated rings. The lowest BCUT2D eigenvalue weighted by Crippen LogP contribution is -2.42. The molecule has 1 aromatic carbocycles. The van der Waals surface area contributed by atoms with E-state index in [9.17, 15) is 9.90 Å². The molecule has 0 amide bonds. The van der Waals surface area contributed by atoms with Crippen LogP contribution in [0.15, 0.2) is 18.2 Å². The normalized spacial score (nSPS) is 26.5. The Kier molecular flexibility index (Phi) is 3.50. The molecule has 2 rings (SSSR count). The first-order valence-corrected chi connectivity index (χ1v) is 6.16. The fraction of sp³-hybridized carbons (Fsp3) is 0.462. The van der Waals surface area contributed by atoms with E-state index in [1.54, 1.807) is 12.1 Å². The van der Waals surface area contributed by atoms with Gasteiger partial charge in [0.25, 0.3) is 0 Å². The minimum Gasteiger partial charge on any atom is -0.497 e. The molecule has 4 nitrogen and oxygen atoms in total. The van der Waals surface area contributed by atoms with E-state index in [0.29, 0.717) is 17.7 Å². The average Bonchev–Trinajstić information content (AvgIpc) is 2.33. The Balaban J connectivity index is 2.51. The highest BCUT2D eigenvalue weighted by atomic mass is 35.5. The topological polar surface area (TPSA) is 66.8 Å². The molecule has 2 atom stereocenters. The van der Waals surface area contributed by atoms with Crippen LogP contribution in [-0.2, 0) is 16.8 Å². The van der Waals surface area contributed by atoms with Crippen molar-refractivity contribution in [2.24, 2.45) is 0 Å². The molecule has 0 radical (unpaired) electrons. The van der Waals surface area contributed by atoms with Crippen molar-refractivity contribution in [3.63, 3.8) is 0 Å². The maximum Gasteiger partial charge on any atom is 0.306 e. The zero-order valence-electron chi connectivity index (χ0n) is 10.0. The van der Waals surface area contributed by atoms with E-state index in [1.807, 2.05) is 6.07 Å². The number of carbonyl (C=O) groups is 1. The van der Waals surface area contributed by atoms with Gasteiger partial charge in [0.15, 0.2) is 0 Å². The van der Waals surface area contributed by atoms with Crippen molar-refractivity contribution in [2.45, 2.75) is 30.2 Å². The van der Waals surface area contributed by atoms with Crippen LogP contribution in [0.3, 0.4) is 0 Å². The second kappa shape index (κ2) is 4.78. The van der Waals surface area contributed by atoms with Crippen LogP contribution >= 0.6 is 11.6 Å². The Labute approximate surface area is 110 Å². The fourth-order valence-electron chi connectivity index (χ4n) is 2.43. The first-order valence-electron chi connectivity index (χ1n) is 5.73. The summed E-state index contributed by atoms with van der Waals surface area (Å²) in [4.78, 5) is 10.9. The summed E-state index contributed by atoms with van der Waals surface area (Å²) >= 11 is 6.14. The lowest BCUT2D eigenvalue weighted by Gasteiger charge is -2.37. The smallest absolute Gasteiger partial charge is 0.306 e. The van der Waals surface area contributed by atoms with Crippen molar-refractivity contribution < 1.29 is 19.7 Å². The van der Waals surface area contributed by atoms with E-state index in [-0.39, 0.29) is 0 Å². The Hall–Kier alpha value is -1.26. The number of ether oxygens (including phenoxy) is 1. The molecule has 0 spiro atoms. The molecule has 2 N–H and O–H groups in total. The number of halogens is 1. The average molecular weight is 271 g/mol. The second-order valence-electron chi connectivity index (χ2n) is 4.52. The van der Waals surface area contributed by atoms with Gasteiger partial charge in [-0.3, -0.25) is 4.79 Å². The summed E-state index contributed by atoms with van der Waals surface area (Å²) in [6.45, 7) is 0. The number of methoxy groups -OCH3 is 1. The van der Waals surface area contributed by atoms with E-state index in [4.69, 9.17) is 21.4 Å². The van der Waals surface area contributed by atoms with Crippen LogP contribution in [0.4, 0.5) is 0 Å². The predicted octanol–water partition coefficient (Wildman–Crippen LogP) is 1.91. The van der Waals surface area contributed by atoms with Gasteiger partial charge in [-0.25, -0.2) is 0 Å². The maximum absolute atomic E-state index is 10.9. The number of hydrogen-bond acceptors (Lipinski definition) is 3. The Bertz CT molecular complexity index is 474. The van der Waals surface area contributed by atoms with Gasteiger partial charge in [0.05, 0.1) is 18.9 Å². The van der Waals surface area contributed by atoms with Crippen LogP contribution in [0.5, 0.6) is 5.75 Å². The number of aliphatic hydroxyl groups is 1. The highest BCUT2D eigenvalue weighted by Crippen LogP contribution is 2.42. The molecule has 98 valence electrons. The Morgan fingerprint density at radius 2 is 2.33 bits per heavy atom. The molecular formula is C13H15ClO4. The number of benzene rings is 1. The molecule has 18 heavy (non-hydrogen) atoms. The lowest BCUT2D eigenvalue weighted by atomic mass is 9.76. The highest BCUT2D eigenvalue weighted by molar-refractivity contribution is 6.21. The first kappa shape index (κ1) is 13.2. The number of aryl methyl sites for hydroxylation is 1. The maximum atomic E-state index is 10.9. The quantitative estimate of drug-likeness (QED) is 0.824. The summed E-state index contributed by atoms with van der Waals surface area (Å²) in [6.07, 6.45) is 0.890. The molecule has 0 aromatic heterocycles. The molecule has 0 bridgehead atoms. The minimum atomic E-state index is -1.53. The molecule has 1 aromatic rings. The third-order valence-electron chi connectivity index (χ3n) is 3.39. The van der Waals surface area contributed by atoms with E-state index in [2.05, 4.69) is 0 Å². The van der Waals surface area contributed by atoms with Crippen molar-refractivity contribution in [1.29, 1.82) is 0 Å². The molecule has 0 saturated carbocycles. The van der Waals surface area contributed by atoms with Gasteiger partial charge in [0.2, 0.25) is 0 Å². The summed E-state index contributed by atoms with van der Waals surface area (Å²) in [6, 6.07) is 5.32. The number of carboxylic acids is 1. The molecular weight excluding hydrogens is 256 g/mol. The zero-order chi connectivity index (χ0) is 13.3. The van der Waals surface area contributed by atoms with Crippen LogP contribution in [0, 0.1) is 0 Å². The van der Waals surface area contributed by atoms with Gasteiger partial charge in [-0.05, 0) is 36.1 Å². The predicted molar refractivity (Wildman–Crippen MR) is 67.1 cm³/mol. The van der Waals surface area contributed by atoms with Gasteiger partial charge in [0.1, 0.15) is 11.4 Å². The summed E-state index contributed by atoms with van der Waals surface area (Å²) in [5.74, 6) is -0.484. The van der Waals surface area contributed by atoms with Gasteiger partial charge in [-0.2, -0.15) is 0 Å². The number of aliphatic carboxylic acids is 1. The third-order valence-corrected chi connectivity index (χ3v) is 3.97. The van der Waals surface area contributed by atoms with E-state index >= 15 is 0 Å². The largest absolute Gasteiger partial charge is 0.497 e. The molecule has 0 saturated heterocycles. The van der Waals surface area contributed by atoms with Gasteiger partial charge >= 0.3 is 5.97 Å². The van der Waals surface area contributed by atoms with Crippen molar-refractivity contribution in [2.75, 3.05) is 7.11 Å². The van der Waals surface area contributed by atoms with Crippen LogP contribution in [0.1, 0.15) is 24.0 Å². The summed E-state index contributed by atoms with van der Waals surface area (Å²) in [5, 5.41) is 19.0. The first-order chi connectivity index (χ1) is 8.47. The minimum absolute atomic E-state index is 0.401. The molecule has 2 unspecified atom stereocenters. The SMILES string of the molecule is COc1ccc2c(c1)C(O)(CC(=O)O)C(Cl)CC2. The fourth-order valence-corrected chi connectivity index (χ4v) is 2.73. The number of hydrogen-bond donors (Lipinski definition) is 2. The molecule has 0 heterocycles. The van der Waals surface area contributed by atoms with Crippen molar-refractivity contribution in [3.8, 4) is 5.75 Å². The molecule has 0 aliphatic heterocycles. The number of fused-ring (bicyclic) bond motifs is 1. The number of alkyl halides is 1. The third kappa shape index (κ3) is 2.18. The Morgan fingerprint density at radius 3 is 2.94 bits per heavy atom. The van der Waals surface area contributed by atoms with Crippen LogP contribution in [0.2, 0.25) is 0 Å². The summed E-state index contributed by atoms with van der Waals surface area (Å²) in [5.41, 5.74) is -0.0397. The molecule has 1 aliphatic carbocycles. The van der Waals surface area contributed by atoms with Crippen molar-refractivity contribution >= 4 is 17.6 Å². The van der Waals surface area contributed by atoms with Crippen LogP contribution < -0.4 is 4.74 Å². The summed E-state index contributed by atoms with van der Waals surface area (Å²) in [7, 11) is 1.53. The second-order valence-corrected chi connectivity index (χ2v) is 5.05. The molecule has 1 aliphatic rings. The van der Waals surface area contributed by atoms with Gasteiger partial charge in [-0.15, -0.1) is 11.6 Å². The van der Waals surface area contributed by atoms with Crippen LogP contribution in [0.25, 0.3) is 0 Å². The number of carboxylic acid groups (broad SMARTS) is 1. The van der Waals surface area contributed by atoms with Gasteiger partial charge < -0.3 is 14.9 Å².